The minimum atomic E-state index is -0.641. The van der Waals surface area contributed by atoms with Crippen LogP contribution in [0.5, 0.6) is 0 Å². The van der Waals surface area contributed by atoms with Gasteiger partial charge in [0, 0.05) is 50.8 Å². The van der Waals surface area contributed by atoms with Crippen LogP contribution in [0.25, 0.3) is 11.4 Å². The molecule has 3 heterocycles. The number of hydrogen-bond donors (Lipinski definition) is 0. The van der Waals surface area contributed by atoms with Crippen molar-refractivity contribution in [2.45, 2.75) is 39.2 Å². The Bertz CT molecular complexity index is 801. The maximum atomic E-state index is 11.8. The molecular weight excluding hydrogens is 370 g/mol. The fraction of sp³-hybridized carbons (Fsp3) is 0.524. The standard InChI is InChI=1S/C21H29N5O3/c1-21(2,3)28-20(27)29-26-13-8-16(9-14-26)15-25(4)18-7-12-23-19(24-18)17-5-10-22-11-6-17/h5-7,10-12,16H,8-9,13-15H2,1-4H3. The second kappa shape index (κ2) is 9.17. The molecule has 2 aromatic rings. The van der Waals surface area contributed by atoms with E-state index in [2.05, 4.69) is 19.9 Å². The van der Waals surface area contributed by atoms with E-state index < -0.39 is 11.8 Å². The molecule has 8 nitrogen and oxygen atoms in total. The summed E-state index contributed by atoms with van der Waals surface area (Å²) < 4.78 is 5.21. The van der Waals surface area contributed by atoms with Crippen LogP contribution in [-0.2, 0) is 9.57 Å². The zero-order valence-corrected chi connectivity index (χ0v) is 17.5. The van der Waals surface area contributed by atoms with Crippen molar-refractivity contribution < 1.29 is 14.4 Å². The van der Waals surface area contributed by atoms with Crippen LogP contribution in [0, 0.1) is 5.92 Å². The van der Waals surface area contributed by atoms with E-state index in [-0.39, 0.29) is 0 Å². The van der Waals surface area contributed by atoms with Gasteiger partial charge in [0.2, 0.25) is 0 Å². The number of pyridine rings is 1. The molecule has 0 atom stereocenters. The highest BCUT2D eigenvalue weighted by Crippen LogP contribution is 2.22. The minimum absolute atomic E-state index is 0.498. The molecule has 0 aliphatic carbocycles. The summed E-state index contributed by atoms with van der Waals surface area (Å²) in [5.74, 6) is 2.08. The third-order valence-electron chi connectivity index (χ3n) is 4.67. The Morgan fingerprint density at radius 3 is 2.52 bits per heavy atom. The number of aromatic nitrogens is 3. The smallest absolute Gasteiger partial charge is 0.427 e. The van der Waals surface area contributed by atoms with Crippen molar-refractivity contribution in [3.05, 3.63) is 36.8 Å². The van der Waals surface area contributed by atoms with Crippen LogP contribution in [-0.4, -0.2) is 58.5 Å². The summed E-state index contributed by atoms with van der Waals surface area (Å²) in [6, 6.07) is 5.73. The first-order valence-electron chi connectivity index (χ1n) is 9.90. The Kier molecular flexibility index (Phi) is 6.64. The number of carbonyl (C=O) groups is 1. The van der Waals surface area contributed by atoms with Crippen LogP contribution in [0.15, 0.2) is 36.8 Å². The summed E-state index contributed by atoms with van der Waals surface area (Å²) in [5, 5.41) is 1.69. The number of rotatable bonds is 5. The van der Waals surface area contributed by atoms with Gasteiger partial charge in [-0.05, 0) is 57.7 Å². The molecule has 0 spiro atoms. The van der Waals surface area contributed by atoms with Gasteiger partial charge in [-0.1, -0.05) is 0 Å². The number of hydroxylamine groups is 2. The van der Waals surface area contributed by atoms with Gasteiger partial charge < -0.3 is 14.5 Å². The molecule has 0 saturated carbocycles. The van der Waals surface area contributed by atoms with Gasteiger partial charge in [-0.2, -0.15) is 0 Å². The van der Waals surface area contributed by atoms with E-state index in [0.29, 0.717) is 24.8 Å². The normalized spacial score (nSPS) is 15.7. The average Bonchev–Trinajstić information content (AvgIpc) is 2.69. The highest BCUT2D eigenvalue weighted by Gasteiger charge is 2.26. The number of hydrogen-bond acceptors (Lipinski definition) is 8. The summed E-state index contributed by atoms with van der Waals surface area (Å²) in [6.07, 6.45) is 6.50. The van der Waals surface area contributed by atoms with Gasteiger partial charge in [0.1, 0.15) is 11.4 Å². The van der Waals surface area contributed by atoms with Gasteiger partial charge in [0.05, 0.1) is 0 Å². The Morgan fingerprint density at radius 1 is 1.17 bits per heavy atom. The summed E-state index contributed by atoms with van der Waals surface area (Å²) in [4.78, 5) is 32.4. The molecule has 0 radical (unpaired) electrons. The summed E-state index contributed by atoms with van der Waals surface area (Å²) in [7, 11) is 2.04. The quantitative estimate of drug-likeness (QED) is 0.706. The number of ether oxygens (including phenoxy) is 1. The molecule has 8 heteroatoms. The number of nitrogens with zero attached hydrogens (tertiary/aromatic N) is 5. The third-order valence-corrected chi connectivity index (χ3v) is 4.67. The monoisotopic (exact) mass is 399 g/mol. The predicted octanol–water partition coefficient (Wildman–Crippen LogP) is 3.55. The van der Waals surface area contributed by atoms with Gasteiger partial charge in [-0.15, -0.1) is 5.06 Å². The van der Waals surface area contributed by atoms with Gasteiger partial charge in [0.25, 0.3) is 0 Å². The molecule has 0 bridgehead atoms. The van der Waals surface area contributed by atoms with Crippen LogP contribution in [0.4, 0.5) is 10.6 Å². The first kappa shape index (κ1) is 21.0. The van der Waals surface area contributed by atoms with Gasteiger partial charge in [-0.25, -0.2) is 14.8 Å². The summed E-state index contributed by atoms with van der Waals surface area (Å²) >= 11 is 0. The van der Waals surface area contributed by atoms with Crippen molar-refractivity contribution >= 4 is 12.0 Å². The molecular formula is C21H29N5O3. The second-order valence-corrected chi connectivity index (χ2v) is 8.28. The van der Waals surface area contributed by atoms with E-state index in [0.717, 1.165) is 30.8 Å². The fourth-order valence-electron chi connectivity index (χ4n) is 3.24. The maximum absolute atomic E-state index is 11.8. The van der Waals surface area contributed by atoms with Crippen molar-refractivity contribution in [3.63, 3.8) is 0 Å². The summed E-state index contributed by atoms with van der Waals surface area (Å²) in [5.41, 5.74) is 0.396. The molecule has 0 amide bonds. The largest absolute Gasteiger partial charge is 0.528 e. The lowest BCUT2D eigenvalue weighted by molar-refractivity contribution is -0.154. The topological polar surface area (TPSA) is 80.7 Å². The van der Waals surface area contributed by atoms with Crippen molar-refractivity contribution in [2.75, 3.05) is 31.6 Å². The van der Waals surface area contributed by atoms with Crippen molar-refractivity contribution in [3.8, 4) is 11.4 Å². The lowest BCUT2D eigenvalue weighted by Gasteiger charge is -2.33. The molecule has 1 saturated heterocycles. The van der Waals surface area contributed by atoms with Crippen molar-refractivity contribution in [1.82, 2.24) is 20.0 Å². The molecule has 1 aliphatic heterocycles. The zero-order chi connectivity index (χ0) is 20.9. The third kappa shape index (κ3) is 6.39. The maximum Gasteiger partial charge on any atom is 0.528 e. The van der Waals surface area contributed by atoms with Crippen molar-refractivity contribution in [1.29, 1.82) is 0 Å². The molecule has 0 N–H and O–H groups in total. The minimum Gasteiger partial charge on any atom is -0.427 e. The molecule has 1 fully saturated rings. The Hall–Kier alpha value is -2.74. The van der Waals surface area contributed by atoms with Crippen LogP contribution < -0.4 is 4.90 Å². The number of piperidine rings is 1. The van der Waals surface area contributed by atoms with Crippen molar-refractivity contribution in [2.24, 2.45) is 5.92 Å². The van der Waals surface area contributed by atoms with Crippen LogP contribution in [0.2, 0.25) is 0 Å². The highest BCUT2D eigenvalue weighted by atomic mass is 16.8. The van der Waals surface area contributed by atoms with E-state index in [1.165, 1.54) is 0 Å². The molecule has 29 heavy (non-hydrogen) atoms. The van der Waals surface area contributed by atoms with E-state index >= 15 is 0 Å². The fourth-order valence-corrected chi connectivity index (χ4v) is 3.24. The molecule has 3 rings (SSSR count). The summed E-state index contributed by atoms with van der Waals surface area (Å²) in [6.45, 7) is 7.75. The molecule has 0 unspecified atom stereocenters. The SMILES string of the molecule is CN(CC1CCN(OC(=O)OC(C)(C)C)CC1)c1ccnc(-c2ccncc2)n1. The van der Waals surface area contributed by atoms with E-state index in [1.54, 1.807) is 23.7 Å². The lowest BCUT2D eigenvalue weighted by Crippen LogP contribution is -2.40. The van der Waals surface area contributed by atoms with Gasteiger partial charge in [0.15, 0.2) is 5.82 Å². The first-order chi connectivity index (χ1) is 13.8. The van der Waals surface area contributed by atoms with Gasteiger partial charge in [-0.3, -0.25) is 4.98 Å². The number of carbonyl (C=O) groups excluding carboxylic acids is 1. The number of anilines is 1. The van der Waals surface area contributed by atoms with E-state index in [4.69, 9.17) is 9.57 Å². The molecule has 2 aromatic heterocycles. The molecule has 156 valence electrons. The highest BCUT2D eigenvalue weighted by molar-refractivity contribution is 5.60. The molecule has 0 aromatic carbocycles. The predicted molar refractivity (Wildman–Crippen MR) is 110 cm³/mol. The second-order valence-electron chi connectivity index (χ2n) is 8.28. The van der Waals surface area contributed by atoms with Crippen LogP contribution in [0.3, 0.4) is 0 Å². The average molecular weight is 399 g/mol. The Labute approximate surface area is 171 Å². The Balaban J connectivity index is 1.50. The molecule has 1 aliphatic rings. The van der Waals surface area contributed by atoms with E-state index in [1.807, 2.05) is 46.0 Å². The van der Waals surface area contributed by atoms with Gasteiger partial charge >= 0.3 is 6.16 Å². The Morgan fingerprint density at radius 2 is 1.86 bits per heavy atom. The zero-order valence-electron chi connectivity index (χ0n) is 17.5. The first-order valence-corrected chi connectivity index (χ1v) is 9.90. The lowest BCUT2D eigenvalue weighted by atomic mass is 9.97. The van der Waals surface area contributed by atoms with Crippen LogP contribution in [0.1, 0.15) is 33.6 Å². The van der Waals surface area contributed by atoms with E-state index in [9.17, 15) is 4.79 Å². The van der Waals surface area contributed by atoms with Crippen LogP contribution >= 0.6 is 0 Å².